The molecular formula is C24H22N4O2. The number of para-hydroxylation sites is 1. The smallest absolute Gasteiger partial charge is 0.270 e. The Labute approximate surface area is 174 Å². The first-order chi connectivity index (χ1) is 14.6. The lowest BCUT2D eigenvalue weighted by molar-refractivity contribution is 0.407. The second kappa shape index (κ2) is 7.03. The maximum absolute atomic E-state index is 12.8. The summed E-state index contributed by atoms with van der Waals surface area (Å²) in [4.78, 5) is 19.7. The molecule has 6 nitrogen and oxygen atoms in total. The molecule has 0 unspecified atom stereocenters. The minimum Gasteiger partial charge on any atom is -0.440 e. The first-order valence-corrected chi connectivity index (χ1v) is 10.2. The molecular weight excluding hydrogens is 376 g/mol. The van der Waals surface area contributed by atoms with Crippen LogP contribution in [-0.4, -0.2) is 22.6 Å². The third kappa shape index (κ3) is 2.86. The van der Waals surface area contributed by atoms with E-state index in [1.165, 1.54) is 5.56 Å². The number of nitriles is 1. The summed E-state index contributed by atoms with van der Waals surface area (Å²) in [6.45, 7) is 3.54. The van der Waals surface area contributed by atoms with Gasteiger partial charge < -0.3 is 13.9 Å². The number of rotatable bonds is 2. The SMILES string of the molecule is Cc1ccc2oc(C3CCN(c4c(C#N)c(=O)n(C)c5ccccc45)CC3)nc2c1. The molecule has 0 spiro atoms. The molecule has 0 aliphatic carbocycles. The van der Waals surface area contributed by atoms with Crippen LogP contribution in [0.2, 0.25) is 0 Å². The number of aromatic nitrogens is 2. The summed E-state index contributed by atoms with van der Waals surface area (Å²) in [5, 5.41) is 10.7. The van der Waals surface area contributed by atoms with Crippen LogP contribution in [0.25, 0.3) is 22.0 Å². The van der Waals surface area contributed by atoms with E-state index in [4.69, 9.17) is 9.40 Å². The van der Waals surface area contributed by atoms with Gasteiger partial charge in [0.25, 0.3) is 5.56 Å². The van der Waals surface area contributed by atoms with Gasteiger partial charge in [0.15, 0.2) is 11.5 Å². The molecule has 4 aromatic rings. The van der Waals surface area contributed by atoms with Crippen molar-refractivity contribution in [3.05, 3.63) is 69.8 Å². The van der Waals surface area contributed by atoms with Crippen LogP contribution in [0.5, 0.6) is 0 Å². The van der Waals surface area contributed by atoms with Gasteiger partial charge in [-0.2, -0.15) is 5.26 Å². The number of anilines is 1. The molecule has 150 valence electrons. The molecule has 0 N–H and O–H groups in total. The largest absolute Gasteiger partial charge is 0.440 e. The van der Waals surface area contributed by atoms with Crippen LogP contribution in [0.4, 0.5) is 5.69 Å². The molecule has 0 bridgehead atoms. The molecule has 1 fully saturated rings. The summed E-state index contributed by atoms with van der Waals surface area (Å²) in [6.07, 6.45) is 1.72. The average molecular weight is 398 g/mol. The molecule has 0 radical (unpaired) electrons. The Morgan fingerprint density at radius 1 is 1.17 bits per heavy atom. The molecule has 0 saturated carbocycles. The Morgan fingerprint density at radius 2 is 1.93 bits per heavy atom. The third-order valence-corrected chi connectivity index (χ3v) is 6.11. The first-order valence-electron chi connectivity index (χ1n) is 10.2. The molecule has 1 aliphatic heterocycles. The summed E-state index contributed by atoms with van der Waals surface area (Å²) >= 11 is 0. The number of benzene rings is 2. The van der Waals surface area contributed by atoms with Gasteiger partial charge in [0.05, 0.1) is 11.2 Å². The van der Waals surface area contributed by atoms with Crippen molar-refractivity contribution in [2.45, 2.75) is 25.7 Å². The monoisotopic (exact) mass is 398 g/mol. The topological polar surface area (TPSA) is 75.1 Å². The van der Waals surface area contributed by atoms with Crippen molar-refractivity contribution in [2.24, 2.45) is 7.05 Å². The summed E-state index contributed by atoms with van der Waals surface area (Å²) in [5.74, 6) is 1.02. The van der Waals surface area contributed by atoms with Gasteiger partial charge in [0, 0.05) is 31.4 Å². The fraction of sp³-hybridized carbons (Fsp3) is 0.292. The van der Waals surface area contributed by atoms with E-state index >= 15 is 0 Å². The normalized spacial score (nSPS) is 15.0. The lowest BCUT2D eigenvalue weighted by Gasteiger charge is -2.33. The number of hydrogen-bond donors (Lipinski definition) is 0. The van der Waals surface area contributed by atoms with Crippen molar-refractivity contribution in [1.82, 2.24) is 9.55 Å². The number of pyridine rings is 1. The van der Waals surface area contributed by atoms with Gasteiger partial charge in [-0.25, -0.2) is 4.98 Å². The van der Waals surface area contributed by atoms with Gasteiger partial charge in [-0.3, -0.25) is 4.79 Å². The van der Waals surface area contributed by atoms with E-state index < -0.39 is 0 Å². The highest BCUT2D eigenvalue weighted by atomic mass is 16.3. The van der Waals surface area contributed by atoms with E-state index in [0.717, 1.165) is 59.5 Å². The molecule has 0 atom stereocenters. The van der Waals surface area contributed by atoms with Crippen LogP contribution in [0.15, 0.2) is 51.7 Å². The Balaban J connectivity index is 1.48. The number of nitrogens with zero attached hydrogens (tertiary/aromatic N) is 4. The average Bonchev–Trinajstić information content (AvgIpc) is 3.19. The van der Waals surface area contributed by atoms with Crippen LogP contribution < -0.4 is 10.5 Å². The zero-order valence-electron chi connectivity index (χ0n) is 17.1. The number of oxazole rings is 1. The van der Waals surface area contributed by atoms with E-state index in [1.807, 2.05) is 49.4 Å². The van der Waals surface area contributed by atoms with Crippen LogP contribution in [-0.2, 0) is 7.05 Å². The minimum absolute atomic E-state index is 0.215. The minimum atomic E-state index is -0.248. The van der Waals surface area contributed by atoms with Gasteiger partial charge in [0.2, 0.25) is 0 Å². The highest BCUT2D eigenvalue weighted by Crippen LogP contribution is 2.35. The lowest BCUT2D eigenvalue weighted by atomic mass is 9.95. The highest BCUT2D eigenvalue weighted by Gasteiger charge is 2.28. The van der Waals surface area contributed by atoms with Crippen LogP contribution in [0, 0.1) is 18.3 Å². The Hall–Kier alpha value is -3.59. The highest BCUT2D eigenvalue weighted by molar-refractivity contribution is 5.95. The molecule has 6 heteroatoms. The van der Waals surface area contributed by atoms with Crippen molar-refractivity contribution >= 4 is 27.7 Å². The van der Waals surface area contributed by atoms with Gasteiger partial charge >= 0.3 is 0 Å². The standard InChI is InChI=1S/C24H22N4O2/c1-15-7-8-21-19(13-15)26-23(30-21)16-9-11-28(12-10-16)22-17-5-3-4-6-20(17)27(2)24(29)18(22)14-25/h3-8,13,16H,9-12H2,1-2H3. The van der Waals surface area contributed by atoms with Gasteiger partial charge in [-0.1, -0.05) is 24.3 Å². The Morgan fingerprint density at radius 3 is 2.70 bits per heavy atom. The summed E-state index contributed by atoms with van der Waals surface area (Å²) < 4.78 is 7.58. The molecule has 3 heterocycles. The predicted octanol–water partition coefficient (Wildman–Crippen LogP) is 4.24. The fourth-order valence-electron chi connectivity index (χ4n) is 4.49. The van der Waals surface area contributed by atoms with E-state index in [1.54, 1.807) is 11.6 Å². The maximum atomic E-state index is 12.8. The molecule has 1 aliphatic rings. The molecule has 2 aromatic heterocycles. The predicted molar refractivity (Wildman–Crippen MR) is 117 cm³/mol. The number of aryl methyl sites for hydroxylation is 2. The Kier molecular flexibility index (Phi) is 4.32. The van der Waals surface area contributed by atoms with E-state index in [-0.39, 0.29) is 17.0 Å². The van der Waals surface area contributed by atoms with Gasteiger partial charge in [-0.05, 0) is 43.5 Å². The second-order valence-corrected chi connectivity index (χ2v) is 8.00. The molecule has 0 amide bonds. The van der Waals surface area contributed by atoms with Crippen molar-refractivity contribution < 1.29 is 4.42 Å². The van der Waals surface area contributed by atoms with Crippen molar-refractivity contribution in [1.29, 1.82) is 5.26 Å². The number of piperidine rings is 1. The zero-order chi connectivity index (χ0) is 20.8. The number of fused-ring (bicyclic) bond motifs is 2. The maximum Gasteiger partial charge on any atom is 0.270 e. The molecule has 2 aromatic carbocycles. The fourth-order valence-corrected chi connectivity index (χ4v) is 4.49. The summed E-state index contributed by atoms with van der Waals surface area (Å²) in [5.41, 5.74) is 4.45. The van der Waals surface area contributed by atoms with Crippen LogP contribution in [0.1, 0.15) is 35.8 Å². The Bertz CT molecular complexity index is 1370. The molecule has 30 heavy (non-hydrogen) atoms. The van der Waals surface area contributed by atoms with Crippen LogP contribution >= 0.6 is 0 Å². The zero-order valence-corrected chi connectivity index (χ0v) is 17.1. The first kappa shape index (κ1) is 18.4. The molecule has 5 rings (SSSR count). The lowest BCUT2D eigenvalue weighted by Crippen LogP contribution is -2.35. The molecule has 1 saturated heterocycles. The van der Waals surface area contributed by atoms with E-state index in [2.05, 4.69) is 11.0 Å². The third-order valence-electron chi connectivity index (χ3n) is 6.11. The van der Waals surface area contributed by atoms with Crippen molar-refractivity contribution in [3.8, 4) is 6.07 Å². The van der Waals surface area contributed by atoms with E-state index in [9.17, 15) is 10.1 Å². The van der Waals surface area contributed by atoms with Crippen molar-refractivity contribution in [3.63, 3.8) is 0 Å². The quantitative estimate of drug-likeness (QED) is 0.505. The van der Waals surface area contributed by atoms with Crippen LogP contribution in [0.3, 0.4) is 0 Å². The number of hydrogen-bond acceptors (Lipinski definition) is 5. The van der Waals surface area contributed by atoms with Crippen molar-refractivity contribution in [2.75, 3.05) is 18.0 Å². The summed E-state index contributed by atoms with van der Waals surface area (Å²) in [6, 6.07) is 16.0. The summed E-state index contributed by atoms with van der Waals surface area (Å²) in [7, 11) is 1.72. The van der Waals surface area contributed by atoms with Gasteiger partial charge in [-0.15, -0.1) is 0 Å². The van der Waals surface area contributed by atoms with Gasteiger partial charge in [0.1, 0.15) is 17.1 Å². The van der Waals surface area contributed by atoms with E-state index in [0.29, 0.717) is 0 Å². The second-order valence-electron chi connectivity index (χ2n) is 8.00.